The summed E-state index contributed by atoms with van der Waals surface area (Å²) in [4.78, 5) is 31.7. The van der Waals surface area contributed by atoms with E-state index in [4.69, 9.17) is 0 Å². The van der Waals surface area contributed by atoms with E-state index >= 15 is 0 Å². The van der Waals surface area contributed by atoms with E-state index in [0.717, 1.165) is 28.2 Å². The molecule has 4 nitrogen and oxygen atoms in total. The first kappa shape index (κ1) is 22.1. The van der Waals surface area contributed by atoms with Crippen LogP contribution in [0.25, 0.3) is 0 Å². The molecule has 1 fully saturated rings. The van der Waals surface area contributed by atoms with E-state index in [9.17, 15) is 18.4 Å². The number of benzene rings is 2. The number of rotatable bonds is 8. The average molecular weight is 455 g/mol. The normalized spacial score (nSPS) is 13.1. The van der Waals surface area contributed by atoms with E-state index < -0.39 is 11.7 Å². The summed E-state index contributed by atoms with van der Waals surface area (Å²) in [6.45, 7) is 2.56. The van der Waals surface area contributed by atoms with Crippen LogP contribution in [-0.2, 0) is 17.9 Å². The minimum Gasteiger partial charge on any atom is -0.332 e. The van der Waals surface area contributed by atoms with Gasteiger partial charge in [0.15, 0.2) is 0 Å². The summed E-state index contributed by atoms with van der Waals surface area (Å²) in [5.74, 6) is -1.62. The topological polar surface area (TPSA) is 40.6 Å². The largest absolute Gasteiger partial charge is 0.332 e. The molecule has 1 aromatic heterocycles. The minimum absolute atomic E-state index is 0.0221. The molecular formula is C25H24F2N2O2S. The molecule has 1 saturated carbocycles. The molecule has 0 aliphatic heterocycles. The number of carbonyl (C=O) groups excluding carboxylic acids is 2. The molecule has 0 unspecified atom stereocenters. The molecule has 2 aromatic carbocycles. The maximum absolute atomic E-state index is 14.2. The van der Waals surface area contributed by atoms with Crippen molar-refractivity contribution in [1.82, 2.24) is 9.80 Å². The Kier molecular flexibility index (Phi) is 6.65. The fourth-order valence-corrected chi connectivity index (χ4v) is 4.49. The van der Waals surface area contributed by atoms with Crippen molar-refractivity contribution >= 4 is 23.2 Å². The highest BCUT2D eigenvalue weighted by Crippen LogP contribution is 2.29. The maximum atomic E-state index is 14.2. The molecule has 7 heteroatoms. The van der Waals surface area contributed by atoms with Crippen molar-refractivity contribution in [1.29, 1.82) is 0 Å². The van der Waals surface area contributed by atoms with Crippen molar-refractivity contribution in [3.05, 3.63) is 93.2 Å². The van der Waals surface area contributed by atoms with Gasteiger partial charge in [-0.15, -0.1) is 11.3 Å². The number of carbonyl (C=O) groups is 2. The van der Waals surface area contributed by atoms with Gasteiger partial charge < -0.3 is 9.80 Å². The Balaban J connectivity index is 1.55. The SMILES string of the molecule is Cc1ccc(CN(Cc2ccc(F)cc2)C(=O)CN(C(=O)c2ccccc2F)C2CC2)s1. The van der Waals surface area contributed by atoms with Crippen LogP contribution in [-0.4, -0.2) is 34.2 Å². The van der Waals surface area contributed by atoms with E-state index in [-0.39, 0.29) is 29.9 Å². The number of thiophene rings is 1. The Morgan fingerprint density at radius 1 is 0.969 bits per heavy atom. The van der Waals surface area contributed by atoms with Crippen LogP contribution in [0.1, 0.15) is 38.5 Å². The van der Waals surface area contributed by atoms with Gasteiger partial charge in [0, 0.05) is 22.3 Å². The number of amides is 2. The van der Waals surface area contributed by atoms with Gasteiger partial charge >= 0.3 is 0 Å². The van der Waals surface area contributed by atoms with E-state index in [0.29, 0.717) is 13.1 Å². The van der Waals surface area contributed by atoms with Crippen LogP contribution >= 0.6 is 11.3 Å². The highest BCUT2D eigenvalue weighted by atomic mass is 32.1. The smallest absolute Gasteiger partial charge is 0.257 e. The van der Waals surface area contributed by atoms with Crippen LogP contribution in [0.2, 0.25) is 0 Å². The van der Waals surface area contributed by atoms with Crippen molar-refractivity contribution in [2.75, 3.05) is 6.54 Å². The van der Waals surface area contributed by atoms with Crippen LogP contribution in [0, 0.1) is 18.6 Å². The van der Waals surface area contributed by atoms with Crippen LogP contribution in [0.4, 0.5) is 8.78 Å². The number of hydrogen-bond acceptors (Lipinski definition) is 3. The molecule has 0 N–H and O–H groups in total. The lowest BCUT2D eigenvalue weighted by Gasteiger charge is -2.28. The van der Waals surface area contributed by atoms with Crippen LogP contribution < -0.4 is 0 Å². The molecule has 0 spiro atoms. The molecular weight excluding hydrogens is 430 g/mol. The van der Waals surface area contributed by atoms with Gasteiger partial charge in [0.1, 0.15) is 18.2 Å². The molecule has 0 radical (unpaired) electrons. The molecule has 0 saturated heterocycles. The molecule has 32 heavy (non-hydrogen) atoms. The third-order valence-electron chi connectivity index (χ3n) is 5.44. The van der Waals surface area contributed by atoms with Gasteiger partial charge in [-0.3, -0.25) is 9.59 Å². The Morgan fingerprint density at radius 2 is 1.69 bits per heavy atom. The summed E-state index contributed by atoms with van der Waals surface area (Å²) < 4.78 is 27.5. The van der Waals surface area contributed by atoms with E-state index in [1.165, 1.54) is 35.2 Å². The zero-order chi connectivity index (χ0) is 22.7. The highest BCUT2D eigenvalue weighted by molar-refractivity contribution is 7.11. The van der Waals surface area contributed by atoms with Crippen molar-refractivity contribution in [3.63, 3.8) is 0 Å². The standard InChI is InChI=1S/C25H24F2N2O2S/c1-17-6-13-21(32-17)15-28(14-18-7-9-19(26)10-8-18)24(30)16-29(20-11-12-20)25(31)22-4-2-3-5-23(22)27/h2-10,13,20H,11-12,14-16H2,1H3. The Labute approximate surface area is 190 Å². The average Bonchev–Trinajstić information content (AvgIpc) is 3.54. The van der Waals surface area contributed by atoms with Gasteiger partial charge in [0.2, 0.25) is 5.91 Å². The Hall–Kier alpha value is -3.06. The fraction of sp³-hybridized carbons (Fsp3) is 0.280. The molecule has 0 atom stereocenters. The van der Waals surface area contributed by atoms with Gasteiger partial charge in [-0.2, -0.15) is 0 Å². The monoisotopic (exact) mass is 454 g/mol. The second-order valence-electron chi connectivity index (χ2n) is 8.03. The quantitative estimate of drug-likeness (QED) is 0.471. The minimum atomic E-state index is -0.590. The van der Waals surface area contributed by atoms with Crippen molar-refractivity contribution in [3.8, 4) is 0 Å². The summed E-state index contributed by atoms with van der Waals surface area (Å²) in [7, 11) is 0. The first-order valence-electron chi connectivity index (χ1n) is 10.5. The summed E-state index contributed by atoms with van der Waals surface area (Å²) in [6.07, 6.45) is 1.60. The number of aryl methyl sites for hydroxylation is 1. The number of hydrogen-bond donors (Lipinski definition) is 0. The predicted molar refractivity (Wildman–Crippen MR) is 120 cm³/mol. The lowest BCUT2D eigenvalue weighted by Crippen LogP contribution is -2.43. The molecule has 1 aliphatic rings. The Morgan fingerprint density at radius 3 is 2.31 bits per heavy atom. The second-order valence-corrected chi connectivity index (χ2v) is 9.41. The third kappa shape index (κ3) is 5.40. The molecule has 0 bridgehead atoms. The van der Waals surface area contributed by atoms with Crippen LogP contribution in [0.3, 0.4) is 0 Å². The summed E-state index contributed by atoms with van der Waals surface area (Å²) in [6, 6.07) is 15.8. The molecule has 2 amide bonds. The molecule has 1 aliphatic carbocycles. The summed E-state index contributed by atoms with van der Waals surface area (Å²) in [5.41, 5.74) is 0.776. The zero-order valence-corrected chi connectivity index (χ0v) is 18.6. The zero-order valence-electron chi connectivity index (χ0n) is 17.8. The van der Waals surface area contributed by atoms with E-state index in [1.807, 2.05) is 19.1 Å². The summed E-state index contributed by atoms with van der Waals surface area (Å²) in [5, 5.41) is 0. The Bertz CT molecular complexity index is 1110. The van der Waals surface area contributed by atoms with Gasteiger partial charge in [0.05, 0.1) is 12.1 Å². The molecule has 4 rings (SSSR count). The molecule has 3 aromatic rings. The first-order valence-corrected chi connectivity index (χ1v) is 11.4. The van der Waals surface area contributed by atoms with Crippen molar-refractivity contribution in [2.24, 2.45) is 0 Å². The van der Waals surface area contributed by atoms with Gasteiger partial charge in [0.25, 0.3) is 5.91 Å². The molecule has 166 valence electrons. The van der Waals surface area contributed by atoms with Gasteiger partial charge in [-0.05, 0) is 61.7 Å². The summed E-state index contributed by atoms with van der Waals surface area (Å²) >= 11 is 1.61. The maximum Gasteiger partial charge on any atom is 0.257 e. The van der Waals surface area contributed by atoms with Crippen LogP contribution in [0.5, 0.6) is 0 Å². The second kappa shape index (κ2) is 9.61. The third-order valence-corrected chi connectivity index (χ3v) is 6.43. The fourth-order valence-electron chi connectivity index (χ4n) is 3.59. The molecule has 1 heterocycles. The first-order chi connectivity index (χ1) is 15.4. The van der Waals surface area contributed by atoms with Gasteiger partial charge in [-0.1, -0.05) is 24.3 Å². The predicted octanol–water partition coefficient (Wildman–Crippen LogP) is 5.17. The van der Waals surface area contributed by atoms with Crippen LogP contribution in [0.15, 0.2) is 60.7 Å². The number of halogens is 2. The van der Waals surface area contributed by atoms with Gasteiger partial charge in [-0.25, -0.2) is 8.78 Å². The van der Waals surface area contributed by atoms with E-state index in [2.05, 4.69) is 0 Å². The van der Waals surface area contributed by atoms with Crippen molar-refractivity contribution in [2.45, 2.75) is 38.9 Å². The lowest BCUT2D eigenvalue weighted by molar-refractivity contribution is -0.133. The highest BCUT2D eigenvalue weighted by Gasteiger charge is 2.36. The van der Waals surface area contributed by atoms with E-state index in [1.54, 1.807) is 34.4 Å². The number of nitrogens with zero attached hydrogens (tertiary/aromatic N) is 2. The lowest BCUT2D eigenvalue weighted by atomic mass is 10.1. The van der Waals surface area contributed by atoms with Crippen molar-refractivity contribution < 1.29 is 18.4 Å².